The van der Waals surface area contributed by atoms with Crippen LogP contribution < -0.4 is 10.1 Å². The number of aryl methyl sites for hydroxylation is 1. The average molecular weight is 401 g/mol. The van der Waals surface area contributed by atoms with Gasteiger partial charge in [-0.15, -0.1) is 0 Å². The maximum absolute atomic E-state index is 12.7. The molecule has 0 atom stereocenters. The first-order chi connectivity index (χ1) is 13.3. The summed E-state index contributed by atoms with van der Waals surface area (Å²) in [6.07, 6.45) is 0. The molecule has 0 radical (unpaired) electrons. The van der Waals surface area contributed by atoms with Gasteiger partial charge in [-0.2, -0.15) is 9.57 Å². The standard InChI is InChI=1S/C20H23N3O4S/c1-4-23(5-2)28(25,26)18-11-6-15(3)19(12-18)22-20(24)14-27-17-9-7-16(13-21)8-10-17/h6-12H,4-5,14H2,1-3H3,(H,22,24). The van der Waals surface area contributed by atoms with Crippen LogP contribution in [0.4, 0.5) is 5.69 Å². The second kappa shape index (κ2) is 9.35. The molecule has 0 saturated carbocycles. The van der Waals surface area contributed by atoms with Crippen LogP contribution in [-0.4, -0.2) is 38.3 Å². The molecule has 0 aromatic heterocycles. The average Bonchev–Trinajstić information content (AvgIpc) is 2.69. The van der Waals surface area contributed by atoms with E-state index in [1.807, 2.05) is 6.07 Å². The molecular formula is C20H23N3O4S. The minimum atomic E-state index is -3.61. The van der Waals surface area contributed by atoms with Crippen LogP contribution in [-0.2, 0) is 14.8 Å². The first-order valence-electron chi connectivity index (χ1n) is 8.85. The van der Waals surface area contributed by atoms with E-state index in [1.54, 1.807) is 51.1 Å². The Hall–Kier alpha value is -2.89. The SMILES string of the molecule is CCN(CC)S(=O)(=O)c1ccc(C)c(NC(=O)COc2ccc(C#N)cc2)c1. The second-order valence-corrected chi connectivity index (χ2v) is 7.98. The van der Waals surface area contributed by atoms with Crippen molar-refractivity contribution in [1.82, 2.24) is 4.31 Å². The van der Waals surface area contributed by atoms with Crippen molar-refractivity contribution < 1.29 is 17.9 Å². The van der Waals surface area contributed by atoms with Gasteiger partial charge >= 0.3 is 0 Å². The summed E-state index contributed by atoms with van der Waals surface area (Å²) in [6, 6.07) is 13.1. The van der Waals surface area contributed by atoms with Crippen LogP contribution in [0.2, 0.25) is 0 Å². The quantitative estimate of drug-likeness (QED) is 0.733. The monoisotopic (exact) mass is 401 g/mol. The largest absolute Gasteiger partial charge is 0.484 e. The molecule has 2 aromatic rings. The van der Waals surface area contributed by atoms with Crippen LogP contribution in [0.1, 0.15) is 25.0 Å². The van der Waals surface area contributed by atoms with Gasteiger partial charge in [0, 0.05) is 18.8 Å². The molecular weight excluding hydrogens is 378 g/mol. The van der Waals surface area contributed by atoms with Gasteiger partial charge < -0.3 is 10.1 Å². The van der Waals surface area contributed by atoms with Crippen LogP contribution in [0.25, 0.3) is 0 Å². The van der Waals surface area contributed by atoms with E-state index in [0.717, 1.165) is 5.56 Å². The second-order valence-electron chi connectivity index (χ2n) is 6.04. The molecule has 0 spiro atoms. The van der Waals surface area contributed by atoms with Gasteiger partial charge in [-0.25, -0.2) is 8.42 Å². The number of carbonyl (C=O) groups is 1. The highest BCUT2D eigenvalue weighted by Crippen LogP contribution is 2.23. The molecule has 1 amide bonds. The number of rotatable bonds is 8. The number of nitrogens with one attached hydrogen (secondary N) is 1. The third-order valence-corrected chi connectivity index (χ3v) is 6.23. The van der Waals surface area contributed by atoms with Crippen molar-refractivity contribution in [3.8, 4) is 11.8 Å². The Balaban J connectivity index is 2.10. The third kappa shape index (κ3) is 5.09. The van der Waals surface area contributed by atoms with Gasteiger partial charge in [0.15, 0.2) is 6.61 Å². The van der Waals surface area contributed by atoms with Gasteiger partial charge in [-0.05, 0) is 48.9 Å². The van der Waals surface area contributed by atoms with Crippen molar-refractivity contribution in [2.45, 2.75) is 25.7 Å². The fourth-order valence-electron chi connectivity index (χ4n) is 2.57. The first kappa shape index (κ1) is 21.4. The van der Waals surface area contributed by atoms with Crippen LogP contribution in [0.15, 0.2) is 47.4 Å². The highest BCUT2D eigenvalue weighted by Gasteiger charge is 2.22. The predicted octanol–water partition coefficient (Wildman–Crippen LogP) is 2.91. The van der Waals surface area contributed by atoms with Gasteiger partial charge in [-0.3, -0.25) is 4.79 Å². The minimum Gasteiger partial charge on any atom is -0.484 e. The van der Waals surface area contributed by atoms with Gasteiger partial charge in [0.05, 0.1) is 16.5 Å². The normalized spacial score (nSPS) is 11.1. The van der Waals surface area contributed by atoms with Gasteiger partial charge in [0.2, 0.25) is 10.0 Å². The molecule has 28 heavy (non-hydrogen) atoms. The van der Waals surface area contributed by atoms with E-state index in [9.17, 15) is 13.2 Å². The summed E-state index contributed by atoms with van der Waals surface area (Å²) in [6.45, 7) is 5.83. The molecule has 0 saturated heterocycles. The molecule has 148 valence electrons. The molecule has 7 nitrogen and oxygen atoms in total. The highest BCUT2D eigenvalue weighted by molar-refractivity contribution is 7.89. The number of amides is 1. The lowest BCUT2D eigenvalue weighted by molar-refractivity contribution is -0.118. The maximum Gasteiger partial charge on any atom is 0.262 e. The molecule has 8 heteroatoms. The minimum absolute atomic E-state index is 0.130. The number of nitriles is 1. The molecule has 0 bridgehead atoms. The predicted molar refractivity (Wildman–Crippen MR) is 107 cm³/mol. The molecule has 1 N–H and O–H groups in total. The number of hydrogen-bond donors (Lipinski definition) is 1. The highest BCUT2D eigenvalue weighted by atomic mass is 32.2. The van der Waals surface area contributed by atoms with E-state index in [1.165, 1.54) is 16.4 Å². The summed E-state index contributed by atoms with van der Waals surface area (Å²) in [5.41, 5.74) is 1.66. The Morgan fingerprint density at radius 3 is 2.36 bits per heavy atom. The maximum atomic E-state index is 12.7. The Kier molecular flexibility index (Phi) is 7.15. The summed E-state index contributed by atoms with van der Waals surface area (Å²) >= 11 is 0. The van der Waals surface area contributed by atoms with Gasteiger partial charge in [0.1, 0.15) is 5.75 Å². The fourth-order valence-corrected chi connectivity index (χ4v) is 4.05. The summed E-state index contributed by atoms with van der Waals surface area (Å²) in [4.78, 5) is 12.3. The molecule has 2 aromatic carbocycles. The number of nitrogens with zero attached hydrogens (tertiary/aromatic N) is 2. The van der Waals surface area contributed by atoms with Crippen LogP contribution in [0.5, 0.6) is 5.75 Å². The zero-order valence-corrected chi connectivity index (χ0v) is 16.9. The summed E-state index contributed by atoms with van der Waals surface area (Å²) in [5.74, 6) is 0.0496. The van der Waals surface area contributed by atoms with Crippen molar-refractivity contribution in [2.24, 2.45) is 0 Å². The van der Waals surface area contributed by atoms with Crippen molar-refractivity contribution >= 4 is 21.6 Å². The third-order valence-electron chi connectivity index (χ3n) is 4.18. The van der Waals surface area contributed by atoms with E-state index in [4.69, 9.17) is 10.00 Å². The van der Waals surface area contributed by atoms with Gasteiger partial charge in [-0.1, -0.05) is 19.9 Å². The smallest absolute Gasteiger partial charge is 0.262 e. The lowest BCUT2D eigenvalue weighted by Crippen LogP contribution is -2.30. The lowest BCUT2D eigenvalue weighted by Gasteiger charge is -2.19. The summed E-state index contributed by atoms with van der Waals surface area (Å²) in [7, 11) is -3.61. The van der Waals surface area contributed by atoms with E-state index in [-0.39, 0.29) is 11.5 Å². The number of ether oxygens (including phenoxy) is 1. The van der Waals surface area contributed by atoms with E-state index in [2.05, 4.69) is 5.32 Å². The van der Waals surface area contributed by atoms with Crippen LogP contribution >= 0.6 is 0 Å². The van der Waals surface area contributed by atoms with E-state index in [0.29, 0.717) is 30.1 Å². The zero-order chi connectivity index (χ0) is 20.7. The Morgan fingerprint density at radius 2 is 1.79 bits per heavy atom. The van der Waals surface area contributed by atoms with Crippen molar-refractivity contribution in [3.05, 3.63) is 53.6 Å². The van der Waals surface area contributed by atoms with E-state index < -0.39 is 15.9 Å². The number of benzene rings is 2. The molecule has 0 unspecified atom stereocenters. The van der Waals surface area contributed by atoms with Gasteiger partial charge in [0.25, 0.3) is 5.91 Å². The molecule has 0 aliphatic carbocycles. The molecule has 0 heterocycles. The lowest BCUT2D eigenvalue weighted by atomic mass is 10.2. The first-order valence-corrected chi connectivity index (χ1v) is 10.3. The van der Waals surface area contributed by atoms with Crippen LogP contribution in [0.3, 0.4) is 0 Å². The Labute approximate surface area is 165 Å². The molecule has 0 aliphatic heterocycles. The van der Waals surface area contributed by atoms with Crippen LogP contribution in [0, 0.1) is 18.3 Å². The summed E-state index contributed by atoms with van der Waals surface area (Å²) in [5, 5.41) is 11.5. The van der Waals surface area contributed by atoms with Crippen molar-refractivity contribution in [3.63, 3.8) is 0 Å². The number of sulfonamides is 1. The topological polar surface area (TPSA) is 99.5 Å². The number of anilines is 1. The number of carbonyl (C=O) groups excluding carboxylic acids is 1. The Bertz CT molecular complexity index is 976. The zero-order valence-electron chi connectivity index (χ0n) is 16.1. The van der Waals surface area contributed by atoms with Crippen molar-refractivity contribution in [1.29, 1.82) is 5.26 Å². The summed E-state index contributed by atoms with van der Waals surface area (Å²) < 4.78 is 32.1. The van der Waals surface area contributed by atoms with E-state index >= 15 is 0 Å². The fraction of sp³-hybridized carbons (Fsp3) is 0.300. The molecule has 2 rings (SSSR count). The molecule has 0 aliphatic rings. The number of hydrogen-bond acceptors (Lipinski definition) is 5. The van der Waals surface area contributed by atoms with Crippen molar-refractivity contribution in [2.75, 3.05) is 25.0 Å². The molecule has 0 fully saturated rings. The Morgan fingerprint density at radius 1 is 1.14 bits per heavy atom.